The Labute approximate surface area is 57.2 Å². The van der Waals surface area contributed by atoms with Crippen molar-refractivity contribution in [1.29, 1.82) is 0 Å². The molecule has 1 heterocycles. The third-order valence-corrected chi connectivity index (χ3v) is 2.11. The van der Waals surface area contributed by atoms with E-state index in [4.69, 9.17) is 0 Å². The molecule has 1 aliphatic rings. The average Bonchev–Trinajstić information content (AvgIpc) is 2.18. The fraction of sp³-hybridized carbons (Fsp3) is 1.00. The van der Waals surface area contributed by atoms with Crippen LogP contribution >= 0.6 is 0 Å². The van der Waals surface area contributed by atoms with E-state index >= 15 is 0 Å². The van der Waals surface area contributed by atoms with E-state index in [2.05, 4.69) is 17.3 Å². The minimum absolute atomic E-state index is 0.801. The highest BCUT2D eigenvalue weighted by atomic mass is 15.2. The molecule has 0 aromatic carbocycles. The first-order valence-electron chi connectivity index (χ1n) is 3.69. The van der Waals surface area contributed by atoms with E-state index in [1.807, 2.05) is 7.05 Å². The molecular weight excluding hydrogens is 112 g/mol. The van der Waals surface area contributed by atoms with E-state index < -0.39 is 0 Å². The zero-order chi connectivity index (χ0) is 6.69. The summed E-state index contributed by atoms with van der Waals surface area (Å²) < 4.78 is 0. The van der Waals surface area contributed by atoms with Crippen molar-refractivity contribution in [3.63, 3.8) is 0 Å². The van der Waals surface area contributed by atoms with Gasteiger partial charge in [0.25, 0.3) is 0 Å². The molecule has 0 bridgehead atoms. The van der Waals surface area contributed by atoms with Crippen molar-refractivity contribution in [1.82, 2.24) is 10.2 Å². The highest BCUT2D eigenvalue weighted by Gasteiger charge is 2.18. The lowest BCUT2D eigenvalue weighted by atomic mass is 10.2. The quantitative estimate of drug-likeness (QED) is 0.575. The van der Waals surface area contributed by atoms with Gasteiger partial charge in [0, 0.05) is 12.6 Å². The molecule has 0 saturated carbocycles. The maximum Gasteiger partial charge on any atom is 0.0217 e. The lowest BCUT2D eigenvalue weighted by molar-refractivity contribution is 0.305. The van der Waals surface area contributed by atoms with E-state index in [9.17, 15) is 0 Å². The molecule has 9 heavy (non-hydrogen) atoms. The molecule has 0 aromatic heterocycles. The van der Waals surface area contributed by atoms with Crippen LogP contribution in [0.2, 0.25) is 0 Å². The third-order valence-electron chi connectivity index (χ3n) is 2.11. The van der Waals surface area contributed by atoms with Crippen LogP contribution < -0.4 is 5.32 Å². The van der Waals surface area contributed by atoms with Gasteiger partial charge >= 0.3 is 0 Å². The molecule has 1 fully saturated rings. The number of nitrogens with one attached hydrogen (secondary N) is 1. The van der Waals surface area contributed by atoms with Gasteiger partial charge in [0.2, 0.25) is 0 Å². The minimum Gasteiger partial charge on any atom is -0.318 e. The fourth-order valence-corrected chi connectivity index (χ4v) is 1.47. The van der Waals surface area contributed by atoms with Crippen LogP contribution in [0, 0.1) is 0 Å². The second-order valence-electron chi connectivity index (χ2n) is 2.83. The lowest BCUT2D eigenvalue weighted by Crippen LogP contribution is -2.33. The van der Waals surface area contributed by atoms with E-state index in [0.717, 1.165) is 12.6 Å². The second kappa shape index (κ2) is 3.18. The van der Waals surface area contributed by atoms with Crippen LogP contribution in [-0.2, 0) is 0 Å². The normalized spacial score (nSPS) is 29.3. The summed E-state index contributed by atoms with van der Waals surface area (Å²) in [6, 6.07) is 0.801. The topological polar surface area (TPSA) is 15.3 Å². The molecule has 1 N–H and O–H groups in total. The zero-order valence-electron chi connectivity index (χ0n) is 6.35. The smallest absolute Gasteiger partial charge is 0.0217 e. The summed E-state index contributed by atoms with van der Waals surface area (Å²) in [5, 5.41) is 3.20. The number of likely N-dealkylation sites (N-methyl/N-ethyl adjacent to an activating group) is 2. The van der Waals surface area contributed by atoms with Gasteiger partial charge in [0.15, 0.2) is 0 Å². The first kappa shape index (κ1) is 7.03. The Morgan fingerprint density at radius 1 is 1.67 bits per heavy atom. The molecule has 1 rings (SSSR count). The van der Waals surface area contributed by atoms with Crippen LogP contribution in [0.15, 0.2) is 0 Å². The van der Waals surface area contributed by atoms with Crippen molar-refractivity contribution in [2.75, 3.05) is 27.2 Å². The summed E-state index contributed by atoms with van der Waals surface area (Å²) in [7, 11) is 4.22. The van der Waals surface area contributed by atoms with Gasteiger partial charge in [0.05, 0.1) is 0 Å². The number of hydrogen-bond acceptors (Lipinski definition) is 2. The van der Waals surface area contributed by atoms with Crippen molar-refractivity contribution < 1.29 is 0 Å². The van der Waals surface area contributed by atoms with Crippen LogP contribution in [0.3, 0.4) is 0 Å². The van der Waals surface area contributed by atoms with Gasteiger partial charge in [-0.1, -0.05) is 0 Å². The molecule has 0 aromatic rings. The molecule has 2 nitrogen and oxygen atoms in total. The van der Waals surface area contributed by atoms with E-state index in [0.29, 0.717) is 0 Å². The molecule has 1 atom stereocenters. The van der Waals surface area contributed by atoms with Gasteiger partial charge in [-0.3, -0.25) is 0 Å². The van der Waals surface area contributed by atoms with Crippen LogP contribution in [-0.4, -0.2) is 38.1 Å². The van der Waals surface area contributed by atoms with Crippen LogP contribution in [0.5, 0.6) is 0 Å². The predicted octanol–water partition coefficient (Wildman–Crippen LogP) is 0.300. The summed E-state index contributed by atoms with van der Waals surface area (Å²) in [4.78, 5) is 2.43. The molecule has 0 unspecified atom stereocenters. The van der Waals surface area contributed by atoms with E-state index in [-0.39, 0.29) is 0 Å². The van der Waals surface area contributed by atoms with Crippen LogP contribution in [0.1, 0.15) is 12.8 Å². The summed E-state index contributed by atoms with van der Waals surface area (Å²) in [6.45, 7) is 2.43. The maximum absolute atomic E-state index is 3.20. The first-order valence-corrected chi connectivity index (χ1v) is 3.69. The maximum atomic E-state index is 3.20. The average molecular weight is 128 g/mol. The van der Waals surface area contributed by atoms with E-state index in [1.54, 1.807) is 0 Å². The number of rotatable bonds is 2. The van der Waals surface area contributed by atoms with Gasteiger partial charge in [-0.2, -0.15) is 0 Å². The standard InChI is InChI=1S/C7H16N2/c1-8-6-7-4-3-5-9(7)2/h7-8H,3-6H2,1-2H3/t7-/m0/s1. The molecular formula is C7H16N2. The number of hydrogen-bond donors (Lipinski definition) is 1. The highest BCUT2D eigenvalue weighted by Crippen LogP contribution is 2.12. The molecule has 0 radical (unpaired) electrons. The van der Waals surface area contributed by atoms with Crippen LogP contribution in [0.4, 0.5) is 0 Å². The predicted molar refractivity (Wildman–Crippen MR) is 39.6 cm³/mol. The van der Waals surface area contributed by atoms with Gasteiger partial charge in [-0.25, -0.2) is 0 Å². The lowest BCUT2D eigenvalue weighted by Gasteiger charge is -2.18. The van der Waals surface area contributed by atoms with Crippen LogP contribution in [0.25, 0.3) is 0 Å². The van der Waals surface area contributed by atoms with Crippen molar-refractivity contribution in [2.24, 2.45) is 0 Å². The first-order chi connectivity index (χ1) is 4.34. The Morgan fingerprint density at radius 3 is 2.89 bits per heavy atom. The van der Waals surface area contributed by atoms with Gasteiger partial charge in [-0.05, 0) is 33.5 Å². The van der Waals surface area contributed by atoms with Crippen molar-refractivity contribution in [2.45, 2.75) is 18.9 Å². The Morgan fingerprint density at radius 2 is 2.44 bits per heavy atom. The number of likely N-dealkylation sites (tertiary alicyclic amines) is 1. The van der Waals surface area contributed by atoms with Crippen molar-refractivity contribution in [3.05, 3.63) is 0 Å². The molecule has 0 amide bonds. The minimum atomic E-state index is 0.801. The summed E-state index contributed by atoms with van der Waals surface area (Å²) in [6.07, 6.45) is 2.75. The Hall–Kier alpha value is -0.0800. The van der Waals surface area contributed by atoms with E-state index in [1.165, 1.54) is 19.4 Å². The second-order valence-corrected chi connectivity index (χ2v) is 2.83. The monoisotopic (exact) mass is 128 g/mol. The molecule has 1 saturated heterocycles. The summed E-state index contributed by atoms with van der Waals surface area (Å²) in [5.41, 5.74) is 0. The van der Waals surface area contributed by atoms with Gasteiger partial charge in [-0.15, -0.1) is 0 Å². The molecule has 2 heteroatoms. The van der Waals surface area contributed by atoms with Crippen molar-refractivity contribution >= 4 is 0 Å². The largest absolute Gasteiger partial charge is 0.318 e. The Balaban J connectivity index is 2.22. The zero-order valence-corrected chi connectivity index (χ0v) is 6.35. The van der Waals surface area contributed by atoms with Crippen molar-refractivity contribution in [3.8, 4) is 0 Å². The Bertz CT molecular complexity index is 83.0. The molecule has 0 aliphatic carbocycles. The molecule has 1 aliphatic heterocycles. The third kappa shape index (κ3) is 1.66. The summed E-state index contributed by atoms with van der Waals surface area (Å²) in [5.74, 6) is 0. The highest BCUT2D eigenvalue weighted by molar-refractivity contribution is 4.77. The Kier molecular flexibility index (Phi) is 2.49. The SMILES string of the molecule is CNC[C@@H]1CCCN1C. The van der Waals surface area contributed by atoms with Gasteiger partial charge in [0.1, 0.15) is 0 Å². The van der Waals surface area contributed by atoms with Gasteiger partial charge < -0.3 is 10.2 Å². The number of nitrogens with zero attached hydrogens (tertiary/aromatic N) is 1. The summed E-state index contributed by atoms with van der Waals surface area (Å²) >= 11 is 0. The molecule has 54 valence electrons. The molecule has 0 spiro atoms. The fourth-order valence-electron chi connectivity index (χ4n) is 1.47.